The highest BCUT2D eigenvalue weighted by Gasteiger charge is 2.47. The Hall–Kier alpha value is -0.130. The fourth-order valence-corrected chi connectivity index (χ4v) is 3.49. The summed E-state index contributed by atoms with van der Waals surface area (Å²) in [5, 5.41) is 0. The normalized spacial score (nSPS) is 35.4. The smallest absolute Gasteiger partial charge is 0.116 e. The standard InChI is InChI=1S/C14H20NO.HI/c1-16-15-9-7-13(8-10-15)14(11-15)12-5-3-2-4-6-12;/h2-6,13-14H,7-11H2,1H3;1H/q+1;/p-1. The van der Waals surface area contributed by atoms with E-state index in [1.165, 1.54) is 38.0 Å². The summed E-state index contributed by atoms with van der Waals surface area (Å²) < 4.78 is 0.885. The van der Waals surface area contributed by atoms with Gasteiger partial charge in [-0.1, -0.05) is 30.3 Å². The third-order valence-corrected chi connectivity index (χ3v) is 4.53. The molecule has 0 aliphatic carbocycles. The zero-order chi connectivity index (χ0) is 11.0. The second-order valence-corrected chi connectivity index (χ2v) is 5.23. The third kappa shape index (κ3) is 2.37. The lowest BCUT2D eigenvalue weighted by Crippen LogP contribution is -3.00. The second kappa shape index (κ2) is 5.24. The van der Waals surface area contributed by atoms with Crippen molar-refractivity contribution in [3.8, 4) is 0 Å². The fourth-order valence-electron chi connectivity index (χ4n) is 3.49. The zero-order valence-corrected chi connectivity index (χ0v) is 12.5. The molecule has 3 fully saturated rings. The maximum Gasteiger partial charge on any atom is 0.116 e. The molecule has 0 aromatic heterocycles. The van der Waals surface area contributed by atoms with Gasteiger partial charge in [-0.05, 0) is 11.5 Å². The molecule has 2 bridgehead atoms. The van der Waals surface area contributed by atoms with E-state index in [1.807, 2.05) is 7.11 Å². The first-order valence-electron chi connectivity index (χ1n) is 6.30. The van der Waals surface area contributed by atoms with Crippen molar-refractivity contribution in [2.24, 2.45) is 5.92 Å². The van der Waals surface area contributed by atoms with E-state index in [2.05, 4.69) is 30.3 Å². The molecule has 3 aliphatic rings. The largest absolute Gasteiger partial charge is 1.00 e. The molecule has 0 N–H and O–H groups in total. The lowest BCUT2D eigenvalue weighted by Gasteiger charge is -2.49. The molecule has 1 aromatic carbocycles. The van der Waals surface area contributed by atoms with Crippen molar-refractivity contribution in [1.29, 1.82) is 0 Å². The molecule has 3 heterocycles. The highest BCUT2D eigenvalue weighted by atomic mass is 127. The van der Waals surface area contributed by atoms with Crippen LogP contribution in [0.3, 0.4) is 0 Å². The number of rotatable bonds is 2. The summed E-state index contributed by atoms with van der Waals surface area (Å²) in [5.74, 6) is 1.60. The van der Waals surface area contributed by atoms with E-state index < -0.39 is 0 Å². The molecular formula is C14H20INO. The van der Waals surface area contributed by atoms with Gasteiger partial charge in [-0.15, -0.1) is 0 Å². The second-order valence-electron chi connectivity index (χ2n) is 5.23. The number of hydrogen-bond donors (Lipinski definition) is 0. The average molecular weight is 345 g/mol. The quantitative estimate of drug-likeness (QED) is 0.523. The lowest BCUT2D eigenvalue weighted by molar-refractivity contribution is -1.11. The van der Waals surface area contributed by atoms with Crippen LogP contribution in [0.5, 0.6) is 0 Å². The summed E-state index contributed by atoms with van der Waals surface area (Å²) in [5.41, 5.74) is 1.51. The van der Waals surface area contributed by atoms with E-state index in [1.54, 1.807) is 0 Å². The Kier molecular flexibility index (Phi) is 4.10. The van der Waals surface area contributed by atoms with Crippen molar-refractivity contribution < 1.29 is 33.5 Å². The summed E-state index contributed by atoms with van der Waals surface area (Å²) in [4.78, 5) is 5.76. The van der Waals surface area contributed by atoms with E-state index in [0.717, 1.165) is 10.6 Å². The predicted octanol–water partition coefficient (Wildman–Crippen LogP) is -0.424. The minimum Gasteiger partial charge on any atom is -1.00 e. The van der Waals surface area contributed by atoms with Crippen molar-refractivity contribution in [2.45, 2.75) is 18.8 Å². The predicted molar refractivity (Wildman–Crippen MR) is 63.8 cm³/mol. The first-order valence-corrected chi connectivity index (χ1v) is 6.30. The van der Waals surface area contributed by atoms with E-state index in [0.29, 0.717) is 5.92 Å². The van der Waals surface area contributed by atoms with E-state index in [-0.39, 0.29) is 24.0 Å². The van der Waals surface area contributed by atoms with Gasteiger partial charge in [0.1, 0.15) is 19.6 Å². The molecule has 3 aliphatic heterocycles. The summed E-state index contributed by atoms with van der Waals surface area (Å²) >= 11 is 0. The third-order valence-electron chi connectivity index (χ3n) is 4.53. The molecule has 1 aromatic rings. The molecule has 0 amide bonds. The Morgan fingerprint density at radius 3 is 2.35 bits per heavy atom. The van der Waals surface area contributed by atoms with Crippen molar-refractivity contribution >= 4 is 0 Å². The van der Waals surface area contributed by atoms with E-state index in [4.69, 9.17) is 4.84 Å². The summed E-state index contributed by atoms with van der Waals surface area (Å²) in [6, 6.07) is 11.0. The Labute approximate surface area is 121 Å². The van der Waals surface area contributed by atoms with E-state index >= 15 is 0 Å². The highest BCUT2D eigenvalue weighted by molar-refractivity contribution is 5.21. The lowest BCUT2D eigenvalue weighted by atomic mass is 9.75. The summed E-state index contributed by atoms with van der Waals surface area (Å²) in [7, 11) is 1.87. The van der Waals surface area contributed by atoms with Crippen molar-refractivity contribution in [3.05, 3.63) is 35.9 Å². The van der Waals surface area contributed by atoms with Crippen molar-refractivity contribution in [2.75, 3.05) is 26.7 Å². The monoisotopic (exact) mass is 345 g/mol. The van der Waals surface area contributed by atoms with Gasteiger partial charge < -0.3 is 24.0 Å². The number of hydroxylamine groups is 3. The van der Waals surface area contributed by atoms with Crippen LogP contribution in [0.4, 0.5) is 0 Å². The van der Waals surface area contributed by atoms with Crippen LogP contribution < -0.4 is 24.0 Å². The van der Waals surface area contributed by atoms with E-state index in [9.17, 15) is 0 Å². The molecule has 4 rings (SSSR count). The van der Waals surface area contributed by atoms with Gasteiger partial charge in [0, 0.05) is 18.8 Å². The van der Waals surface area contributed by atoms with Crippen LogP contribution in [0.15, 0.2) is 30.3 Å². The zero-order valence-electron chi connectivity index (χ0n) is 10.3. The van der Waals surface area contributed by atoms with Gasteiger partial charge in [-0.3, -0.25) is 0 Å². The first kappa shape index (κ1) is 13.3. The summed E-state index contributed by atoms with van der Waals surface area (Å²) in [6.45, 7) is 3.60. The molecule has 3 heteroatoms. The number of nitrogens with zero attached hydrogens (tertiary/aromatic N) is 1. The van der Waals surface area contributed by atoms with Crippen LogP contribution in [-0.4, -0.2) is 31.4 Å². The molecule has 1 unspecified atom stereocenters. The van der Waals surface area contributed by atoms with Crippen LogP contribution in [0.25, 0.3) is 0 Å². The molecule has 2 nitrogen and oxygen atoms in total. The Bertz CT molecular complexity index is 360. The summed E-state index contributed by atoms with van der Waals surface area (Å²) in [6.07, 6.45) is 2.65. The van der Waals surface area contributed by atoms with Crippen LogP contribution in [0.1, 0.15) is 24.3 Å². The number of hydrogen-bond acceptors (Lipinski definition) is 1. The number of piperidine rings is 3. The number of halogens is 1. The highest BCUT2D eigenvalue weighted by Crippen LogP contribution is 2.42. The molecule has 0 radical (unpaired) electrons. The van der Waals surface area contributed by atoms with Crippen LogP contribution >= 0.6 is 0 Å². The SMILES string of the molecule is CO[N+]12CCC(CC1)C(c1ccccc1)C2.[I-]. The molecule has 0 saturated carbocycles. The van der Waals surface area contributed by atoms with Gasteiger partial charge in [0.2, 0.25) is 0 Å². The maximum atomic E-state index is 5.76. The molecule has 1 atom stereocenters. The van der Waals surface area contributed by atoms with Gasteiger partial charge in [0.25, 0.3) is 0 Å². The Balaban J connectivity index is 0.00000108. The van der Waals surface area contributed by atoms with Gasteiger partial charge in [0.05, 0.1) is 7.11 Å². The van der Waals surface area contributed by atoms with Crippen LogP contribution in [0, 0.1) is 5.92 Å². The Morgan fingerprint density at radius 1 is 1.12 bits per heavy atom. The molecule has 94 valence electrons. The fraction of sp³-hybridized carbons (Fsp3) is 0.571. The Morgan fingerprint density at radius 2 is 1.76 bits per heavy atom. The topological polar surface area (TPSA) is 9.23 Å². The minimum absolute atomic E-state index is 0. The van der Waals surface area contributed by atoms with Gasteiger partial charge in [-0.2, -0.15) is 4.65 Å². The van der Waals surface area contributed by atoms with Crippen molar-refractivity contribution in [3.63, 3.8) is 0 Å². The van der Waals surface area contributed by atoms with Gasteiger partial charge in [0.15, 0.2) is 0 Å². The first-order chi connectivity index (χ1) is 7.83. The van der Waals surface area contributed by atoms with Gasteiger partial charge in [-0.25, -0.2) is 4.84 Å². The molecular weight excluding hydrogens is 325 g/mol. The maximum absolute atomic E-state index is 5.76. The minimum atomic E-state index is 0. The van der Waals surface area contributed by atoms with Gasteiger partial charge >= 0.3 is 0 Å². The number of quaternary nitrogens is 1. The molecule has 0 spiro atoms. The molecule has 3 saturated heterocycles. The van der Waals surface area contributed by atoms with Crippen molar-refractivity contribution in [1.82, 2.24) is 0 Å². The van der Waals surface area contributed by atoms with Crippen LogP contribution in [-0.2, 0) is 4.84 Å². The number of benzene rings is 1. The molecule has 17 heavy (non-hydrogen) atoms. The number of fused-ring (bicyclic) bond motifs is 3. The average Bonchev–Trinajstić information content (AvgIpc) is 2.41. The van der Waals surface area contributed by atoms with Crippen LogP contribution in [0.2, 0.25) is 0 Å².